The van der Waals surface area contributed by atoms with Crippen LogP contribution in [0, 0.1) is 17.1 Å². The molecule has 3 nitrogen and oxygen atoms in total. The standard InChI is InChI=1S/C13H14BrF2NO2S/c1-20(18,19)11(8-17)4-2-9(7-15)12-6-10(14)3-5-13(12)16/h3,5-6,9,11H,2,4,7H2,1H3. The molecule has 0 saturated carbocycles. The molecule has 0 radical (unpaired) electrons. The van der Waals surface area contributed by atoms with Gasteiger partial charge in [-0.2, -0.15) is 5.26 Å². The van der Waals surface area contributed by atoms with E-state index in [0.717, 1.165) is 6.26 Å². The van der Waals surface area contributed by atoms with Crippen molar-refractivity contribution in [1.29, 1.82) is 5.26 Å². The molecule has 2 unspecified atom stereocenters. The van der Waals surface area contributed by atoms with Crippen molar-refractivity contribution in [3.8, 4) is 6.07 Å². The molecule has 0 heterocycles. The number of halogens is 3. The third-order valence-electron chi connectivity index (χ3n) is 3.02. The molecule has 0 fully saturated rings. The third-order valence-corrected chi connectivity index (χ3v) is 4.89. The van der Waals surface area contributed by atoms with Gasteiger partial charge in [0.15, 0.2) is 9.84 Å². The quantitative estimate of drug-likeness (QED) is 0.776. The number of benzene rings is 1. The Morgan fingerprint density at radius 1 is 1.40 bits per heavy atom. The monoisotopic (exact) mass is 365 g/mol. The molecule has 0 aliphatic carbocycles. The highest BCUT2D eigenvalue weighted by Gasteiger charge is 2.23. The van der Waals surface area contributed by atoms with Crippen LogP contribution in [0.1, 0.15) is 24.3 Å². The van der Waals surface area contributed by atoms with Crippen molar-refractivity contribution < 1.29 is 17.2 Å². The van der Waals surface area contributed by atoms with E-state index >= 15 is 0 Å². The Morgan fingerprint density at radius 3 is 2.55 bits per heavy atom. The highest BCUT2D eigenvalue weighted by Crippen LogP contribution is 2.28. The van der Waals surface area contributed by atoms with Gasteiger partial charge in [-0.05, 0) is 36.6 Å². The fraction of sp³-hybridized carbons (Fsp3) is 0.462. The Kier molecular flexibility index (Phi) is 6.08. The summed E-state index contributed by atoms with van der Waals surface area (Å²) in [7, 11) is -3.51. The molecule has 1 aromatic rings. The van der Waals surface area contributed by atoms with Gasteiger partial charge in [-0.1, -0.05) is 15.9 Å². The number of hydrogen-bond donors (Lipinski definition) is 0. The lowest BCUT2D eigenvalue weighted by atomic mass is 9.94. The molecule has 0 saturated heterocycles. The van der Waals surface area contributed by atoms with Gasteiger partial charge in [-0.3, -0.25) is 4.39 Å². The van der Waals surface area contributed by atoms with Crippen LogP contribution < -0.4 is 0 Å². The van der Waals surface area contributed by atoms with Crippen LogP contribution in [0.5, 0.6) is 0 Å². The molecule has 7 heteroatoms. The molecule has 1 aromatic carbocycles. The highest BCUT2D eigenvalue weighted by atomic mass is 79.9. The zero-order valence-corrected chi connectivity index (χ0v) is 13.2. The lowest BCUT2D eigenvalue weighted by Gasteiger charge is -2.16. The molecule has 1 rings (SSSR count). The average molecular weight is 366 g/mol. The van der Waals surface area contributed by atoms with Gasteiger partial charge in [0.25, 0.3) is 0 Å². The molecule has 110 valence electrons. The first-order valence-corrected chi connectivity index (χ1v) is 8.63. The van der Waals surface area contributed by atoms with Gasteiger partial charge in [0.05, 0.1) is 12.7 Å². The van der Waals surface area contributed by atoms with Crippen LogP contribution in [0.15, 0.2) is 22.7 Å². The fourth-order valence-corrected chi connectivity index (χ4v) is 3.00. The molecular formula is C13H14BrF2NO2S. The summed E-state index contributed by atoms with van der Waals surface area (Å²) >= 11 is 3.18. The predicted molar refractivity (Wildman–Crippen MR) is 76.3 cm³/mol. The molecule has 20 heavy (non-hydrogen) atoms. The first kappa shape index (κ1) is 17.1. The summed E-state index contributed by atoms with van der Waals surface area (Å²) in [6.45, 7) is -0.810. The van der Waals surface area contributed by atoms with E-state index in [1.165, 1.54) is 18.2 Å². The van der Waals surface area contributed by atoms with Crippen molar-refractivity contribution in [2.75, 3.05) is 12.9 Å². The minimum atomic E-state index is -3.51. The van der Waals surface area contributed by atoms with E-state index in [1.54, 1.807) is 6.07 Å². The molecular weight excluding hydrogens is 352 g/mol. The van der Waals surface area contributed by atoms with E-state index in [4.69, 9.17) is 5.26 Å². The molecule has 0 amide bonds. The fourth-order valence-electron chi connectivity index (χ4n) is 1.87. The van der Waals surface area contributed by atoms with Crippen LogP contribution in [0.25, 0.3) is 0 Å². The van der Waals surface area contributed by atoms with Crippen LogP contribution >= 0.6 is 15.9 Å². The van der Waals surface area contributed by atoms with Gasteiger partial charge < -0.3 is 0 Å². The topological polar surface area (TPSA) is 57.9 Å². The SMILES string of the molecule is CS(=O)(=O)C(C#N)CCC(CF)c1cc(Br)ccc1F. The summed E-state index contributed by atoms with van der Waals surface area (Å²) in [6.07, 6.45) is 1.04. The molecule has 0 aliphatic heterocycles. The molecule has 0 aliphatic rings. The van der Waals surface area contributed by atoms with Crippen molar-refractivity contribution in [2.45, 2.75) is 24.0 Å². The van der Waals surface area contributed by atoms with E-state index in [2.05, 4.69) is 15.9 Å². The summed E-state index contributed by atoms with van der Waals surface area (Å²) in [4.78, 5) is 0. The van der Waals surface area contributed by atoms with Gasteiger partial charge in [0.2, 0.25) is 0 Å². The largest absolute Gasteiger partial charge is 0.250 e. The summed E-state index contributed by atoms with van der Waals surface area (Å²) < 4.78 is 50.0. The molecule has 0 spiro atoms. The second kappa shape index (κ2) is 7.14. The Labute approximate surface area is 125 Å². The summed E-state index contributed by atoms with van der Waals surface area (Å²) in [5.74, 6) is -1.30. The number of alkyl halides is 1. The van der Waals surface area contributed by atoms with Gasteiger partial charge >= 0.3 is 0 Å². The van der Waals surface area contributed by atoms with Crippen LogP contribution in [0.2, 0.25) is 0 Å². The maximum absolute atomic E-state index is 13.7. The Hall–Kier alpha value is -1.00. The van der Waals surface area contributed by atoms with Gasteiger partial charge in [0.1, 0.15) is 11.1 Å². The molecule has 2 atom stereocenters. The van der Waals surface area contributed by atoms with Gasteiger partial charge in [0, 0.05) is 16.6 Å². The maximum atomic E-state index is 13.7. The molecule has 0 bridgehead atoms. The average Bonchev–Trinajstić information content (AvgIpc) is 2.36. The number of sulfone groups is 1. The Bertz CT molecular complexity index is 613. The van der Waals surface area contributed by atoms with E-state index in [0.29, 0.717) is 4.47 Å². The zero-order chi connectivity index (χ0) is 15.3. The lowest BCUT2D eigenvalue weighted by molar-refractivity contribution is 0.400. The number of rotatable bonds is 6. The lowest BCUT2D eigenvalue weighted by Crippen LogP contribution is -2.19. The van der Waals surface area contributed by atoms with E-state index in [-0.39, 0.29) is 18.4 Å². The minimum absolute atomic E-state index is 0.0180. The van der Waals surface area contributed by atoms with E-state index < -0.39 is 33.5 Å². The first-order chi connectivity index (χ1) is 9.29. The van der Waals surface area contributed by atoms with Crippen LogP contribution in [0.3, 0.4) is 0 Å². The first-order valence-electron chi connectivity index (χ1n) is 5.89. The van der Waals surface area contributed by atoms with Crippen molar-refractivity contribution in [3.63, 3.8) is 0 Å². The van der Waals surface area contributed by atoms with Gasteiger partial charge in [-0.25, -0.2) is 12.8 Å². The van der Waals surface area contributed by atoms with Crippen LogP contribution in [-0.4, -0.2) is 26.6 Å². The summed E-state index contributed by atoms with van der Waals surface area (Å²) in [5.41, 5.74) is 0.187. The summed E-state index contributed by atoms with van der Waals surface area (Å²) in [6, 6.07) is 5.88. The second-order valence-corrected chi connectivity index (χ2v) is 7.69. The van der Waals surface area contributed by atoms with Crippen LogP contribution in [0.4, 0.5) is 8.78 Å². The Balaban J connectivity index is 2.88. The smallest absolute Gasteiger partial charge is 0.163 e. The van der Waals surface area contributed by atoms with Crippen molar-refractivity contribution in [2.24, 2.45) is 0 Å². The van der Waals surface area contributed by atoms with Crippen molar-refractivity contribution in [1.82, 2.24) is 0 Å². The number of nitriles is 1. The van der Waals surface area contributed by atoms with Crippen molar-refractivity contribution >= 4 is 25.8 Å². The molecule has 0 N–H and O–H groups in total. The summed E-state index contributed by atoms with van der Waals surface area (Å²) in [5, 5.41) is 7.62. The number of nitrogens with zero attached hydrogens (tertiary/aromatic N) is 1. The van der Waals surface area contributed by atoms with Crippen molar-refractivity contribution in [3.05, 3.63) is 34.1 Å². The minimum Gasteiger partial charge on any atom is -0.250 e. The maximum Gasteiger partial charge on any atom is 0.163 e. The third kappa shape index (κ3) is 4.53. The Morgan fingerprint density at radius 2 is 2.05 bits per heavy atom. The molecule has 0 aromatic heterocycles. The highest BCUT2D eigenvalue weighted by molar-refractivity contribution is 9.10. The van der Waals surface area contributed by atoms with E-state index in [9.17, 15) is 17.2 Å². The normalized spacial score (nSPS) is 14.6. The van der Waals surface area contributed by atoms with E-state index in [1.807, 2.05) is 0 Å². The predicted octanol–water partition coefficient (Wildman–Crippen LogP) is 3.36. The van der Waals surface area contributed by atoms with Gasteiger partial charge in [-0.15, -0.1) is 0 Å². The second-order valence-electron chi connectivity index (χ2n) is 4.54. The van der Waals surface area contributed by atoms with Crippen LogP contribution in [-0.2, 0) is 9.84 Å². The zero-order valence-electron chi connectivity index (χ0n) is 10.8. The number of hydrogen-bond acceptors (Lipinski definition) is 3.